The topological polar surface area (TPSA) is 99.9 Å². The monoisotopic (exact) mass is 263 g/mol. The van der Waals surface area contributed by atoms with Crippen molar-refractivity contribution in [2.75, 3.05) is 13.2 Å². The minimum atomic E-state index is -1.08. The number of carboxylic acid groups (broad SMARTS) is 1. The minimum absolute atomic E-state index is 0.0542. The van der Waals surface area contributed by atoms with Crippen LogP contribution in [0.4, 0.5) is 0 Å². The van der Waals surface area contributed by atoms with Crippen LogP contribution in [0.3, 0.4) is 0 Å². The zero-order valence-corrected chi connectivity index (χ0v) is 10.3. The van der Waals surface area contributed by atoms with Gasteiger partial charge < -0.3 is 14.6 Å². The summed E-state index contributed by atoms with van der Waals surface area (Å²) in [5, 5.41) is 17.1. The van der Waals surface area contributed by atoms with Crippen molar-refractivity contribution in [2.24, 2.45) is 0 Å². The molecule has 0 aromatic heterocycles. The van der Waals surface area contributed by atoms with Gasteiger partial charge in [-0.3, -0.25) is 0 Å². The Morgan fingerprint density at radius 2 is 2.21 bits per heavy atom. The second-order valence-corrected chi connectivity index (χ2v) is 3.79. The highest BCUT2D eigenvalue weighted by Gasteiger charge is 2.24. The number of carbonyl (C=O) groups excluding carboxylic acids is 1. The molecular weight excluding hydrogens is 250 g/mol. The number of epoxide rings is 1. The van der Waals surface area contributed by atoms with Crippen LogP contribution >= 0.6 is 0 Å². The first-order valence-electron chi connectivity index (χ1n) is 5.51. The van der Waals surface area contributed by atoms with E-state index in [0.717, 1.165) is 6.08 Å². The molecule has 1 unspecified atom stereocenters. The van der Waals surface area contributed by atoms with E-state index >= 15 is 0 Å². The van der Waals surface area contributed by atoms with Crippen LogP contribution in [-0.4, -0.2) is 36.4 Å². The molecule has 0 saturated carbocycles. The van der Waals surface area contributed by atoms with Crippen molar-refractivity contribution < 1.29 is 24.2 Å². The van der Waals surface area contributed by atoms with Crippen LogP contribution in [0.2, 0.25) is 0 Å². The molecule has 0 spiro atoms. The van der Waals surface area contributed by atoms with Crippen LogP contribution in [0.15, 0.2) is 35.5 Å². The molecule has 19 heavy (non-hydrogen) atoms. The van der Waals surface area contributed by atoms with Gasteiger partial charge in [0.1, 0.15) is 12.7 Å². The summed E-state index contributed by atoms with van der Waals surface area (Å²) in [6.07, 6.45) is 4.90. The van der Waals surface area contributed by atoms with E-state index in [4.69, 9.17) is 19.8 Å². The molecule has 1 rings (SSSR count). The first-order valence-corrected chi connectivity index (χ1v) is 5.51. The van der Waals surface area contributed by atoms with Crippen molar-refractivity contribution in [1.82, 2.24) is 0 Å². The molecule has 0 amide bonds. The van der Waals surface area contributed by atoms with Gasteiger partial charge in [-0.25, -0.2) is 9.59 Å². The molecule has 0 aromatic carbocycles. The average molecular weight is 263 g/mol. The number of hydrogen-bond donors (Lipinski definition) is 1. The van der Waals surface area contributed by atoms with Crippen LogP contribution in [0.5, 0.6) is 0 Å². The molecule has 1 N–H and O–H groups in total. The number of rotatable bonds is 6. The van der Waals surface area contributed by atoms with Crippen LogP contribution in [0.25, 0.3) is 0 Å². The van der Waals surface area contributed by atoms with Crippen molar-refractivity contribution in [3.63, 3.8) is 0 Å². The summed E-state index contributed by atoms with van der Waals surface area (Å²) in [6, 6.07) is 1.75. The van der Waals surface area contributed by atoms with Gasteiger partial charge in [0.15, 0.2) is 0 Å². The summed E-state index contributed by atoms with van der Waals surface area (Å²) in [6.45, 7) is 2.12. The number of carbonyl (C=O) groups is 2. The Hall–Kier alpha value is -2.39. The summed E-state index contributed by atoms with van der Waals surface area (Å²) >= 11 is 0. The largest absolute Gasteiger partial charge is 0.478 e. The Balaban J connectivity index is 2.74. The quantitative estimate of drug-likeness (QED) is 0.252. The fourth-order valence-corrected chi connectivity index (χ4v) is 1.02. The van der Waals surface area contributed by atoms with Crippen molar-refractivity contribution in [3.8, 4) is 6.07 Å². The number of esters is 1. The van der Waals surface area contributed by atoms with Crippen LogP contribution < -0.4 is 0 Å². The van der Waals surface area contributed by atoms with Gasteiger partial charge in [0.25, 0.3) is 0 Å². The average Bonchev–Trinajstić information content (AvgIpc) is 3.19. The van der Waals surface area contributed by atoms with Gasteiger partial charge in [-0.2, -0.15) is 5.26 Å². The van der Waals surface area contributed by atoms with Crippen molar-refractivity contribution in [2.45, 2.75) is 13.0 Å². The molecule has 1 atom stereocenters. The number of hydrogen-bond acceptors (Lipinski definition) is 5. The SMILES string of the molecule is CC(=CC=C(C=CC#N)C(=O)OCC1CO1)C(=O)O. The Bertz CT molecular complexity index is 492. The van der Waals surface area contributed by atoms with Gasteiger partial charge in [-0.15, -0.1) is 0 Å². The molecule has 0 aliphatic carbocycles. The zero-order chi connectivity index (χ0) is 14.3. The Kier molecular flexibility index (Phi) is 5.51. The summed E-state index contributed by atoms with van der Waals surface area (Å²) in [5.41, 5.74) is 0.170. The maximum absolute atomic E-state index is 11.7. The number of nitriles is 1. The van der Waals surface area contributed by atoms with E-state index in [9.17, 15) is 9.59 Å². The standard InChI is InChI=1S/C13H13NO5/c1-9(12(15)16)4-5-10(3-2-6-14)13(17)19-8-11-7-18-11/h2-5,11H,7-8H2,1H3,(H,15,16). The predicted molar refractivity (Wildman–Crippen MR) is 64.9 cm³/mol. The van der Waals surface area contributed by atoms with E-state index in [-0.39, 0.29) is 23.9 Å². The molecule has 1 saturated heterocycles. The maximum atomic E-state index is 11.7. The molecule has 6 heteroatoms. The summed E-state index contributed by atoms with van der Waals surface area (Å²) in [4.78, 5) is 22.3. The van der Waals surface area contributed by atoms with E-state index < -0.39 is 11.9 Å². The molecule has 1 fully saturated rings. The highest BCUT2D eigenvalue weighted by Crippen LogP contribution is 2.11. The van der Waals surface area contributed by atoms with Gasteiger partial charge in [-0.1, -0.05) is 6.08 Å². The van der Waals surface area contributed by atoms with Crippen LogP contribution in [-0.2, 0) is 19.1 Å². The van der Waals surface area contributed by atoms with Crippen LogP contribution in [0.1, 0.15) is 6.92 Å². The second kappa shape index (κ2) is 7.13. The lowest BCUT2D eigenvalue weighted by molar-refractivity contribution is -0.139. The highest BCUT2D eigenvalue weighted by atomic mass is 16.6. The fourth-order valence-electron chi connectivity index (χ4n) is 1.02. The normalized spacial score (nSPS) is 19.1. The lowest BCUT2D eigenvalue weighted by Gasteiger charge is -2.02. The number of allylic oxidation sites excluding steroid dienone is 3. The van der Waals surface area contributed by atoms with Crippen molar-refractivity contribution in [3.05, 3.63) is 35.5 Å². The molecule has 0 bridgehead atoms. The maximum Gasteiger partial charge on any atom is 0.338 e. The van der Waals surface area contributed by atoms with E-state index in [1.165, 1.54) is 25.2 Å². The van der Waals surface area contributed by atoms with Gasteiger partial charge in [0.2, 0.25) is 0 Å². The number of aliphatic carboxylic acids is 1. The summed E-state index contributed by atoms with van der Waals surface area (Å²) in [5.74, 6) is -1.71. The minimum Gasteiger partial charge on any atom is -0.478 e. The van der Waals surface area contributed by atoms with Crippen molar-refractivity contribution in [1.29, 1.82) is 5.26 Å². The third kappa shape index (κ3) is 5.66. The molecule has 0 radical (unpaired) electrons. The smallest absolute Gasteiger partial charge is 0.338 e. The van der Waals surface area contributed by atoms with Gasteiger partial charge in [0.05, 0.1) is 18.2 Å². The lowest BCUT2D eigenvalue weighted by Crippen LogP contribution is -2.11. The molecule has 0 aromatic rings. The summed E-state index contributed by atoms with van der Waals surface area (Å²) in [7, 11) is 0. The van der Waals surface area contributed by atoms with Crippen molar-refractivity contribution >= 4 is 11.9 Å². The molecule has 1 aliphatic rings. The van der Waals surface area contributed by atoms with E-state index in [0.29, 0.717) is 6.61 Å². The molecular formula is C13H13NO5. The van der Waals surface area contributed by atoms with Gasteiger partial charge in [-0.05, 0) is 19.1 Å². The molecule has 100 valence electrons. The zero-order valence-electron chi connectivity index (χ0n) is 10.3. The Labute approximate surface area is 110 Å². The Morgan fingerprint density at radius 3 is 2.74 bits per heavy atom. The highest BCUT2D eigenvalue weighted by molar-refractivity contribution is 5.93. The van der Waals surface area contributed by atoms with E-state index in [1.54, 1.807) is 6.07 Å². The third-order valence-electron chi connectivity index (χ3n) is 2.23. The lowest BCUT2D eigenvalue weighted by atomic mass is 10.2. The predicted octanol–water partition coefficient (Wildman–Crippen LogP) is 0.965. The fraction of sp³-hybridized carbons (Fsp3) is 0.308. The second-order valence-electron chi connectivity index (χ2n) is 3.79. The van der Waals surface area contributed by atoms with Gasteiger partial charge >= 0.3 is 11.9 Å². The first kappa shape index (κ1) is 14.7. The Morgan fingerprint density at radius 1 is 1.53 bits per heavy atom. The summed E-state index contributed by atoms with van der Waals surface area (Å²) < 4.78 is 9.84. The van der Waals surface area contributed by atoms with E-state index in [2.05, 4.69) is 0 Å². The number of carboxylic acids is 1. The number of ether oxygens (including phenoxy) is 2. The molecule has 6 nitrogen and oxygen atoms in total. The molecule has 1 aliphatic heterocycles. The van der Waals surface area contributed by atoms with Crippen LogP contribution in [0, 0.1) is 11.3 Å². The van der Waals surface area contributed by atoms with E-state index in [1.807, 2.05) is 0 Å². The van der Waals surface area contributed by atoms with Gasteiger partial charge in [0, 0.05) is 11.6 Å². The third-order valence-corrected chi connectivity index (χ3v) is 2.23. The number of nitrogens with zero attached hydrogens (tertiary/aromatic N) is 1. The molecule has 1 heterocycles. The first-order chi connectivity index (χ1) is 9.04.